The summed E-state index contributed by atoms with van der Waals surface area (Å²) in [6, 6.07) is 22.1. The van der Waals surface area contributed by atoms with Gasteiger partial charge in [-0.3, -0.25) is 4.79 Å². The minimum absolute atomic E-state index is 0.0860. The third kappa shape index (κ3) is 2.83. The number of Topliss-reactive ketones (excluding diaryl/α,β-unsaturated/α-hetero) is 1. The first kappa shape index (κ1) is 18.6. The predicted molar refractivity (Wildman–Crippen MR) is 114 cm³/mol. The summed E-state index contributed by atoms with van der Waals surface area (Å²) in [5.41, 5.74) is 0.0248. The molecule has 3 atom stereocenters. The molecule has 2 heterocycles. The van der Waals surface area contributed by atoms with Crippen molar-refractivity contribution in [2.24, 2.45) is 0 Å². The lowest BCUT2D eigenvalue weighted by molar-refractivity contribution is -0.137. The number of rotatable bonds is 3. The molecule has 2 aliphatic rings. The quantitative estimate of drug-likeness (QED) is 0.743. The molecule has 0 aromatic heterocycles. The Balaban J connectivity index is 2.01. The van der Waals surface area contributed by atoms with E-state index in [0.29, 0.717) is 24.2 Å². The highest BCUT2D eigenvalue weighted by molar-refractivity contribution is 7.05. The SMILES string of the molecule is CC(C)(C)[Si](c1ccccc1)(c1ccccc1)[C@H]1C[C@@H]2CC(=O)C[C@@]1(C)O2. The fourth-order valence-corrected chi connectivity index (χ4v) is 13.1. The number of fused-ring (bicyclic) bond motifs is 2. The third-order valence-electron chi connectivity index (χ3n) is 6.84. The molecule has 2 aliphatic heterocycles. The van der Waals surface area contributed by atoms with Crippen LogP contribution in [0.15, 0.2) is 60.7 Å². The molecule has 0 spiro atoms. The van der Waals surface area contributed by atoms with E-state index in [1.165, 1.54) is 10.4 Å². The molecule has 142 valence electrons. The van der Waals surface area contributed by atoms with E-state index in [4.69, 9.17) is 4.74 Å². The van der Waals surface area contributed by atoms with Crippen LogP contribution in [0.2, 0.25) is 10.6 Å². The van der Waals surface area contributed by atoms with Crippen LogP contribution in [0.1, 0.15) is 47.0 Å². The number of hydrogen-bond donors (Lipinski definition) is 0. The number of carbonyl (C=O) groups excluding carboxylic acids is 1. The van der Waals surface area contributed by atoms with Gasteiger partial charge in [-0.1, -0.05) is 91.8 Å². The van der Waals surface area contributed by atoms with Gasteiger partial charge in [-0.25, -0.2) is 0 Å². The van der Waals surface area contributed by atoms with Crippen LogP contribution in [-0.4, -0.2) is 25.6 Å². The molecule has 0 aliphatic carbocycles. The van der Waals surface area contributed by atoms with Crippen molar-refractivity contribution in [1.29, 1.82) is 0 Å². The smallest absolute Gasteiger partial charge is 0.138 e. The molecule has 0 amide bonds. The fourth-order valence-electron chi connectivity index (χ4n) is 6.03. The van der Waals surface area contributed by atoms with E-state index >= 15 is 0 Å². The Bertz CT molecular complexity index is 785. The Morgan fingerprint density at radius 1 is 0.963 bits per heavy atom. The van der Waals surface area contributed by atoms with Crippen LogP contribution in [0.5, 0.6) is 0 Å². The van der Waals surface area contributed by atoms with Crippen molar-refractivity contribution in [3.05, 3.63) is 60.7 Å². The molecule has 27 heavy (non-hydrogen) atoms. The molecular formula is C24H30O2Si. The van der Waals surface area contributed by atoms with Gasteiger partial charge in [0.05, 0.1) is 11.7 Å². The van der Waals surface area contributed by atoms with Crippen molar-refractivity contribution < 1.29 is 9.53 Å². The van der Waals surface area contributed by atoms with Crippen molar-refractivity contribution >= 4 is 24.2 Å². The monoisotopic (exact) mass is 378 g/mol. The summed E-state index contributed by atoms with van der Waals surface area (Å²) in [4.78, 5) is 12.5. The molecule has 3 heteroatoms. The molecule has 2 bridgehead atoms. The van der Waals surface area contributed by atoms with Gasteiger partial charge in [0, 0.05) is 12.8 Å². The first-order chi connectivity index (χ1) is 12.8. The van der Waals surface area contributed by atoms with Gasteiger partial charge < -0.3 is 4.74 Å². The average Bonchev–Trinajstić information content (AvgIpc) is 2.85. The molecule has 0 N–H and O–H groups in total. The van der Waals surface area contributed by atoms with E-state index in [2.05, 4.69) is 88.4 Å². The summed E-state index contributed by atoms with van der Waals surface area (Å²) in [5.74, 6) is 0.370. The topological polar surface area (TPSA) is 26.3 Å². The lowest BCUT2D eigenvalue weighted by Gasteiger charge is -2.52. The second kappa shape index (κ2) is 6.42. The van der Waals surface area contributed by atoms with Gasteiger partial charge in [0.2, 0.25) is 0 Å². The lowest BCUT2D eigenvalue weighted by Crippen LogP contribution is -2.70. The molecule has 4 rings (SSSR count). The summed E-state index contributed by atoms with van der Waals surface area (Å²) in [6.45, 7) is 9.39. The highest BCUT2D eigenvalue weighted by Crippen LogP contribution is 2.57. The highest BCUT2D eigenvalue weighted by Gasteiger charge is 2.63. The zero-order chi connectivity index (χ0) is 19.3. The van der Waals surface area contributed by atoms with Crippen molar-refractivity contribution in [3.63, 3.8) is 0 Å². The molecular weight excluding hydrogens is 348 g/mol. The van der Waals surface area contributed by atoms with Gasteiger partial charge in [0.25, 0.3) is 0 Å². The number of ketones is 1. The van der Waals surface area contributed by atoms with Crippen LogP contribution in [0.25, 0.3) is 0 Å². The number of hydrogen-bond acceptors (Lipinski definition) is 2. The average molecular weight is 379 g/mol. The summed E-state index contributed by atoms with van der Waals surface area (Å²) in [5, 5.41) is 3.00. The highest BCUT2D eigenvalue weighted by atomic mass is 28.3. The zero-order valence-electron chi connectivity index (χ0n) is 16.9. The van der Waals surface area contributed by atoms with Crippen LogP contribution < -0.4 is 10.4 Å². The summed E-state index contributed by atoms with van der Waals surface area (Å²) in [7, 11) is -2.28. The zero-order valence-corrected chi connectivity index (χ0v) is 17.9. The second-order valence-electron chi connectivity index (χ2n) is 9.55. The van der Waals surface area contributed by atoms with Gasteiger partial charge in [0.1, 0.15) is 13.9 Å². The van der Waals surface area contributed by atoms with Crippen LogP contribution in [-0.2, 0) is 9.53 Å². The molecule has 2 nitrogen and oxygen atoms in total. The number of ether oxygens (including phenoxy) is 1. The van der Waals surface area contributed by atoms with E-state index in [1.807, 2.05) is 0 Å². The normalized spacial score (nSPS) is 28.4. The Morgan fingerprint density at radius 3 is 1.96 bits per heavy atom. The van der Waals surface area contributed by atoms with Gasteiger partial charge in [-0.05, 0) is 23.9 Å². The Hall–Kier alpha value is -1.71. The summed E-state index contributed by atoms with van der Waals surface area (Å²) < 4.78 is 6.53. The maximum Gasteiger partial charge on any atom is 0.138 e. The van der Waals surface area contributed by atoms with Crippen molar-refractivity contribution in [2.75, 3.05) is 0 Å². The van der Waals surface area contributed by atoms with Crippen LogP contribution in [0.3, 0.4) is 0 Å². The largest absolute Gasteiger partial charge is 0.371 e. The minimum Gasteiger partial charge on any atom is -0.371 e. The molecule has 2 saturated heterocycles. The molecule has 2 aromatic carbocycles. The van der Waals surface area contributed by atoms with E-state index in [9.17, 15) is 4.79 Å². The van der Waals surface area contributed by atoms with Crippen molar-refractivity contribution in [1.82, 2.24) is 0 Å². The number of benzene rings is 2. The maximum absolute atomic E-state index is 12.5. The van der Waals surface area contributed by atoms with E-state index < -0.39 is 8.07 Å². The van der Waals surface area contributed by atoms with E-state index in [1.54, 1.807) is 0 Å². The first-order valence-electron chi connectivity index (χ1n) is 10.1. The minimum atomic E-state index is -2.28. The van der Waals surface area contributed by atoms with Gasteiger partial charge in [0.15, 0.2) is 0 Å². The summed E-state index contributed by atoms with van der Waals surface area (Å²) in [6.07, 6.45) is 2.22. The first-order valence-corrected chi connectivity index (χ1v) is 12.2. The second-order valence-corrected chi connectivity index (χ2v) is 14.5. The molecule has 2 aromatic rings. The van der Waals surface area contributed by atoms with Crippen LogP contribution >= 0.6 is 0 Å². The number of carbonyl (C=O) groups is 1. The van der Waals surface area contributed by atoms with E-state index in [0.717, 1.165) is 6.42 Å². The van der Waals surface area contributed by atoms with Crippen LogP contribution in [0, 0.1) is 0 Å². The molecule has 2 fully saturated rings. The Labute approximate surface area is 164 Å². The predicted octanol–water partition coefficient (Wildman–Crippen LogP) is 4.33. The lowest BCUT2D eigenvalue weighted by atomic mass is 9.96. The van der Waals surface area contributed by atoms with Gasteiger partial charge in [-0.15, -0.1) is 0 Å². The van der Waals surface area contributed by atoms with Crippen molar-refractivity contribution in [3.8, 4) is 0 Å². The fraction of sp³-hybridized carbons (Fsp3) is 0.458. The Morgan fingerprint density at radius 2 is 1.48 bits per heavy atom. The standard InChI is InChI=1S/C24H30O2Si/c1-23(2,3)27(20-11-7-5-8-12-20,21-13-9-6-10-14-21)22-16-19-15-18(25)17-24(22,4)26-19/h5-14,19,22H,15-17H2,1-4H3/t19-,22-,24+/m0/s1. The van der Waals surface area contributed by atoms with Crippen molar-refractivity contribution in [2.45, 2.75) is 69.2 Å². The molecule has 0 radical (unpaired) electrons. The molecule has 0 unspecified atom stereocenters. The van der Waals surface area contributed by atoms with Gasteiger partial charge >= 0.3 is 0 Å². The third-order valence-corrected chi connectivity index (χ3v) is 13.6. The van der Waals surface area contributed by atoms with Gasteiger partial charge in [-0.2, -0.15) is 0 Å². The van der Waals surface area contributed by atoms with E-state index in [-0.39, 0.29) is 16.7 Å². The molecule has 0 saturated carbocycles. The maximum atomic E-state index is 12.5. The Kier molecular flexibility index (Phi) is 4.43. The van der Waals surface area contributed by atoms with Crippen LogP contribution in [0.4, 0.5) is 0 Å². The summed E-state index contributed by atoms with van der Waals surface area (Å²) >= 11 is 0.